The number of rotatable bonds is 16. The minimum absolute atomic E-state index is 0.0825. The first-order valence-corrected chi connectivity index (χ1v) is 14.8. The highest BCUT2D eigenvalue weighted by Crippen LogP contribution is 2.50. The number of hydrogen-bond donors (Lipinski definition) is 8. The van der Waals surface area contributed by atoms with E-state index in [1.807, 2.05) is 0 Å². The molecule has 0 spiro atoms. The molecule has 0 aromatic heterocycles. The molecule has 0 fully saturated rings. The fourth-order valence-corrected chi connectivity index (χ4v) is 4.53. The minimum Gasteiger partial charge on any atom is -0.394 e. The van der Waals surface area contributed by atoms with E-state index in [1.165, 1.54) is 0 Å². The quantitative estimate of drug-likeness (QED) is 0.114. The Labute approximate surface area is 194 Å². The maximum atomic E-state index is 12.8. The summed E-state index contributed by atoms with van der Waals surface area (Å²) in [6, 6.07) is 8.72. The second kappa shape index (κ2) is 13.9. The van der Waals surface area contributed by atoms with Gasteiger partial charge in [0.15, 0.2) is 6.10 Å². The molecule has 1 rings (SSSR count). The van der Waals surface area contributed by atoms with E-state index in [9.17, 15) is 38.3 Å². The number of carbonyl (C=O) groups excluding carboxylic acids is 1. The zero-order valence-corrected chi connectivity index (χ0v) is 20.4. The molecular weight excluding hydrogens is 523 g/mol. The summed E-state index contributed by atoms with van der Waals surface area (Å²) in [5, 5.41) is 39.0. The molecule has 8 N–H and O–H groups in total. The Morgan fingerprint density at radius 3 is 1.82 bits per heavy atom. The SMILES string of the molecule is O=C(NCCc1ccccc1)[C@@H](OP(=O)(O)CO)[C@@H](OP(=O)(O)CO)[C@@H](CO)OP(=O)(O)CO. The lowest BCUT2D eigenvalue weighted by Gasteiger charge is -2.33. The van der Waals surface area contributed by atoms with E-state index >= 15 is 0 Å². The molecule has 0 aliphatic carbocycles. The van der Waals surface area contributed by atoms with E-state index in [0.717, 1.165) is 5.56 Å². The highest BCUT2D eigenvalue weighted by Gasteiger charge is 2.46. The van der Waals surface area contributed by atoms with Gasteiger partial charge in [-0.3, -0.25) is 32.1 Å². The molecule has 1 amide bonds. The molecule has 0 saturated heterocycles. The number of hydrogen-bond acceptors (Lipinski definition) is 11. The van der Waals surface area contributed by atoms with Crippen molar-refractivity contribution < 1.29 is 67.2 Å². The largest absolute Gasteiger partial charge is 0.394 e. The molecule has 1 aromatic rings. The van der Waals surface area contributed by atoms with E-state index in [2.05, 4.69) is 9.84 Å². The summed E-state index contributed by atoms with van der Waals surface area (Å²) in [6.45, 7) is -1.35. The summed E-state index contributed by atoms with van der Waals surface area (Å²) in [7, 11) is -14.8. The minimum atomic E-state index is -4.97. The van der Waals surface area contributed by atoms with E-state index in [4.69, 9.17) is 24.4 Å². The second-order valence-corrected chi connectivity index (χ2v) is 12.1. The van der Waals surface area contributed by atoms with Crippen LogP contribution >= 0.6 is 22.8 Å². The Morgan fingerprint density at radius 2 is 1.32 bits per heavy atom. The predicted octanol–water partition coefficient (Wildman–Crippen LogP) is -1.10. The fraction of sp³-hybridized carbons (Fsp3) is 0.562. The Bertz CT molecular complexity index is 915. The third-order valence-electron chi connectivity index (χ3n) is 4.06. The maximum absolute atomic E-state index is 12.8. The molecule has 1 aromatic carbocycles. The molecule has 15 nitrogen and oxygen atoms in total. The summed E-state index contributed by atoms with van der Waals surface area (Å²) in [5.41, 5.74) is 0.789. The molecule has 196 valence electrons. The van der Waals surface area contributed by atoms with Gasteiger partial charge in [0.25, 0.3) is 5.91 Å². The van der Waals surface area contributed by atoms with Gasteiger partial charge < -0.3 is 40.4 Å². The van der Waals surface area contributed by atoms with Crippen LogP contribution in [0.4, 0.5) is 0 Å². The van der Waals surface area contributed by atoms with Crippen LogP contribution in [0.5, 0.6) is 0 Å². The predicted molar refractivity (Wildman–Crippen MR) is 116 cm³/mol. The van der Waals surface area contributed by atoms with Gasteiger partial charge in [0.05, 0.1) is 6.61 Å². The van der Waals surface area contributed by atoms with Gasteiger partial charge in [-0.15, -0.1) is 0 Å². The van der Waals surface area contributed by atoms with Gasteiger partial charge in [-0.2, -0.15) is 0 Å². The maximum Gasteiger partial charge on any atom is 0.354 e. The first kappa shape index (κ1) is 31.0. The number of nitrogens with one attached hydrogen (secondary N) is 1. The van der Waals surface area contributed by atoms with Crippen LogP contribution in [0.2, 0.25) is 0 Å². The zero-order valence-electron chi connectivity index (χ0n) is 17.7. The lowest BCUT2D eigenvalue weighted by atomic mass is 10.1. The standard InChI is InChI=1S/C16H28NO14P3/c18-8-13(29-32(23,24)9-19)14(30-33(25,26)10-20)15(31-34(27,28)11-21)16(22)17-7-6-12-4-2-1-3-5-12/h1-5,13-15,18-21H,6-11H2,(H,17,22)(H,23,24)(H,25,26)(H,27,28)/t13-,14+,15+/m1/s1. The number of carbonyl (C=O) groups is 1. The van der Waals surface area contributed by atoms with Gasteiger partial charge in [-0.05, 0) is 12.0 Å². The summed E-state index contributed by atoms with van der Waals surface area (Å²) in [4.78, 5) is 41.8. The molecule has 0 saturated carbocycles. The first-order valence-electron chi connectivity index (χ1n) is 9.55. The third kappa shape index (κ3) is 10.7. The van der Waals surface area contributed by atoms with Gasteiger partial charge in [-0.25, -0.2) is 0 Å². The molecule has 0 aliphatic rings. The van der Waals surface area contributed by atoms with Crippen molar-refractivity contribution in [1.82, 2.24) is 5.32 Å². The van der Waals surface area contributed by atoms with Crippen molar-refractivity contribution in [2.24, 2.45) is 0 Å². The summed E-state index contributed by atoms with van der Waals surface area (Å²) >= 11 is 0. The van der Waals surface area contributed by atoms with Crippen LogP contribution in [0.15, 0.2) is 30.3 Å². The van der Waals surface area contributed by atoms with Gasteiger partial charge in [0, 0.05) is 6.54 Å². The Balaban J connectivity index is 3.29. The van der Waals surface area contributed by atoms with Crippen LogP contribution < -0.4 is 5.32 Å². The Hall–Kier alpha value is -1.02. The van der Waals surface area contributed by atoms with Crippen molar-refractivity contribution in [1.29, 1.82) is 0 Å². The van der Waals surface area contributed by atoms with Crippen molar-refractivity contribution in [2.75, 3.05) is 32.2 Å². The van der Waals surface area contributed by atoms with E-state index in [-0.39, 0.29) is 13.0 Å². The average molecular weight is 551 g/mol. The highest BCUT2D eigenvalue weighted by atomic mass is 31.2. The van der Waals surface area contributed by atoms with E-state index in [0.29, 0.717) is 0 Å². The van der Waals surface area contributed by atoms with Gasteiger partial charge in [0.2, 0.25) is 0 Å². The molecular formula is C16H28NO14P3. The van der Waals surface area contributed by atoms with Crippen LogP contribution in [0, 0.1) is 0 Å². The van der Waals surface area contributed by atoms with Crippen LogP contribution in [0.25, 0.3) is 0 Å². The first-order chi connectivity index (χ1) is 15.8. The summed E-state index contributed by atoms with van der Waals surface area (Å²) in [5.74, 6) is -1.25. The van der Waals surface area contributed by atoms with Crippen LogP contribution in [0.1, 0.15) is 5.56 Å². The molecule has 3 unspecified atom stereocenters. The van der Waals surface area contributed by atoms with Crippen molar-refractivity contribution in [3.8, 4) is 0 Å². The number of aliphatic hydroxyl groups excluding tert-OH is 4. The highest BCUT2D eigenvalue weighted by molar-refractivity contribution is 7.53. The van der Waals surface area contributed by atoms with Crippen LogP contribution in [0.3, 0.4) is 0 Å². The second-order valence-electron chi connectivity index (χ2n) is 6.79. The number of benzene rings is 1. The van der Waals surface area contributed by atoms with E-state index < -0.39 is 72.7 Å². The van der Waals surface area contributed by atoms with Crippen LogP contribution in [-0.2, 0) is 38.5 Å². The lowest BCUT2D eigenvalue weighted by Crippen LogP contribution is -2.51. The number of amides is 1. The Kier molecular flexibility index (Phi) is 12.7. The summed E-state index contributed by atoms with van der Waals surface area (Å²) < 4.78 is 49.9. The average Bonchev–Trinajstić information content (AvgIpc) is 2.80. The van der Waals surface area contributed by atoms with Gasteiger partial charge >= 0.3 is 22.8 Å². The molecule has 34 heavy (non-hydrogen) atoms. The van der Waals surface area contributed by atoms with E-state index in [1.54, 1.807) is 30.3 Å². The van der Waals surface area contributed by atoms with Crippen molar-refractivity contribution in [2.45, 2.75) is 24.7 Å². The van der Waals surface area contributed by atoms with Gasteiger partial charge in [-0.1, -0.05) is 30.3 Å². The topological polar surface area (TPSA) is 250 Å². The normalized spacial score (nSPS) is 19.7. The molecule has 0 aliphatic heterocycles. The van der Waals surface area contributed by atoms with Crippen molar-refractivity contribution in [3.05, 3.63) is 35.9 Å². The molecule has 0 bridgehead atoms. The number of aliphatic hydroxyl groups is 4. The smallest absolute Gasteiger partial charge is 0.354 e. The molecule has 0 radical (unpaired) electrons. The van der Waals surface area contributed by atoms with Crippen molar-refractivity contribution in [3.63, 3.8) is 0 Å². The van der Waals surface area contributed by atoms with Gasteiger partial charge in [0.1, 0.15) is 31.3 Å². The lowest BCUT2D eigenvalue weighted by molar-refractivity contribution is -0.137. The molecule has 18 heteroatoms. The fourth-order valence-electron chi connectivity index (χ4n) is 2.53. The van der Waals surface area contributed by atoms with Crippen LogP contribution in [-0.4, -0.2) is 91.5 Å². The molecule has 6 atom stereocenters. The molecule has 0 heterocycles. The monoisotopic (exact) mass is 551 g/mol. The zero-order chi connectivity index (χ0) is 26.0. The third-order valence-corrected chi connectivity index (χ3v) is 6.86. The van der Waals surface area contributed by atoms with Crippen molar-refractivity contribution >= 4 is 28.7 Å². The Morgan fingerprint density at radius 1 is 0.824 bits per heavy atom. The summed E-state index contributed by atoms with van der Waals surface area (Å²) in [6.07, 6.45) is -11.1.